The summed E-state index contributed by atoms with van der Waals surface area (Å²) >= 11 is 8.54. The molecular weight excluding hydrogens is 384 g/mol. The molecule has 0 unspecified atom stereocenters. The Morgan fingerprint density at radius 2 is 2.05 bits per heavy atom. The molecule has 0 aliphatic rings. The molecule has 0 N–H and O–H groups in total. The summed E-state index contributed by atoms with van der Waals surface area (Å²) in [5.74, 6) is -0.611. The van der Waals surface area contributed by atoms with Crippen molar-refractivity contribution in [3.8, 4) is 11.5 Å². The Labute approximate surface area is 140 Å². The largest absolute Gasteiger partial charge is 0.489 e. The number of rotatable bonds is 8. The van der Waals surface area contributed by atoms with E-state index < -0.39 is 10.6 Å². The Kier molecular flexibility index (Phi) is 8.19. The van der Waals surface area contributed by atoms with Gasteiger partial charge in [0.15, 0.2) is 22.9 Å². The Morgan fingerprint density at radius 1 is 1.32 bits per heavy atom. The average Bonchev–Trinajstić information content (AvgIpc) is 2.40. The zero-order chi connectivity index (χ0) is 16.5. The maximum Gasteiger partial charge on any atom is 0.173 e. The van der Waals surface area contributed by atoms with E-state index >= 15 is 0 Å². The van der Waals surface area contributed by atoms with Crippen LogP contribution < -0.4 is 9.47 Å². The molecule has 0 aliphatic heterocycles. The van der Waals surface area contributed by atoms with E-state index in [-0.39, 0.29) is 36.3 Å². The molecule has 4 nitrogen and oxygen atoms in total. The fourth-order valence-corrected chi connectivity index (χ4v) is 1.70. The quantitative estimate of drug-likeness (QED) is 0.357. The Morgan fingerprint density at radius 3 is 2.64 bits per heavy atom. The lowest BCUT2D eigenvalue weighted by molar-refractivity contribution is 0.105. The van der Waals surface area contributed by atoms with Crippen LogP contribution in [0.15, 0.2) is 28.1 Å². The van der Waals surface area contributed by atoms with Gasteiger partial charge in [0.25, 0.3) is 0 Å². The fourth-order valence-electron chi connectivity index (χ4n) is 1.31. The molecule has 0 heterocycles. The lowest BCUT2D eigenvalue weighted by Gasteiger charge is -2.11. The normalized spacial score (nSPS) is 11.1. The molecule has 0 spiro atoms. The third-order valence-electron chi connectivity index (χ3n) is 2.13. The van der Waals surface area contributed by atoms with Crippen molar-refractivity contribution in [2.45, 2.75) is 13.8 Å². The van der Waals surface area contributed by atoms with Crippen LogP contribution in [0, 0.1) is 5.82 Å². The van der Waals surface area contributed by atoms with Crippen LogP contribution in [-0.4, -0.2) is 25.5 Å². The number of halogens is 4. The molecule has 0 aliphatic carbocycles. The number of oxime groups is 1. The van der Waals surface area contributed by atoms with Gasteiger partial charge in [-0.05, 0) is 35.9 Å². The second-order valence-corrected chi connectivity index (χ2v) is 5.41. The molecule has 0 radical (unpaired) electrons. The van der Waals surface area contributed by atoms with E-state index in [1.807, 2.05) is 0 Å². The summed E-state index contributed by atoms with van der Waals surface area (Å²) in [6, 6.07) is 2.49. The second kappa shape index (κ2) is 9.63. The van der Waals surface area contributed by atoms with Gasteiger partial charge in [-0.15, -0.1) is 0 Å². The summed E-state index contributed by atoms with van der Waals surface area (Å²) in [5, 5.41) is 3.76. The number of hydrogen-bond acceptors (Lipinski definition) is 4. The highest BCUT2D eigenvalue weighted by atomic mass is 79.9. The van der Waals surface area contributed by atoms with E-state index in [2.05, 4.69) is 21.1 Å². The van der Waals surface area contributed by atoms with Gasteiger partial charge >= 0.3 is 0 Å². The molecule has 0 aromatic heterocycles. The standard InChI is InChI=1S/C14H15BrClF2NO3/c1-9(2)19-22-6-5-21-14-11(16)7-10(8-12(14)17)20-4-3-13(15)18/h3,7-8H,4-6H2,1-2H3/b13-3-. The van der Waals surface area contributed by atoms with E-state index in [9.17, 15) is 8.78 Å². The molecule has 0 bridgehead atoms. The summed E-state index contributed by atoms with van der Waals surface area (Å²) in [6.07, 6.45) is 1.14. The fraction of sp³-hybridized carbons (Fsp3) is 0.357. The maximum atomic E-state index is 13.9. The first kappa shape index (κ1) is 18.7. The van der Waals surface area contributed by atoms with Crippen molar-refractivity contribution in [3.63, 3.8) is 0 Å². The van der Waals surface area contributed by atoms with Crippen molar-refractivity contribution in [2.24, 2.45) is 5.16 Å². The minimum absolute atomic E-state index is 0.0495. The summed E-state index contributed by atoms with van der Waals surface area (Å²) in [7, 11) is 0. The Bertz CT molecular complexity index is 536. The van der Waals surface area contributed by atoms with E-state index in [1.54, 1.807) is 13.8 Å². The van der Waals surface area contributed by atoms with Gasteiger partial charge in [0, 0.05) is 12.1 Å². The van der Waals surface area contributed by atoms with Crippen LogP contribution in [0.4, 0.5) is 8.78 Å². The van der Waals surface area contributed by atoms with Gasteiger partial charge in [-0.1, -0.05) is 16.8 Å². The van der Waals surface area contributed by atoms with Gasteiger partial charge in [0.2, 0.25) is 0 Å². The highest BCUT2D eigenvalue weighted by molar-refractivity contribution is 9.11. The SMILES string of the molecule is CC(C)=NOCCOc1c(F)cc(OC/C=C(\F)Br)cc1Cl. The van der Waals surface area contributed by atoms with Crippen LogP contribution >= 0.6 is 27.5 Å². The van der Waals surface area contributed by atoms with E-state index in [0.717, 1.165) is 17.9 Å². The Hall–Kier alpha value is -1.34. The summed E-state index contributed by atoms with van der Waals surface area (Å²) in [4.78, 5) is 4.92. The number of nitrogens with zero attached hydrogens (tertiary/aromatic N) is 1. The first-order valence-corrected chi connectivity index (χ1v) is 7.46. The maximum absolute atomic E-state index is 13.9. The molecule has 1 rings (SSSR count). The summed E-state index contributed by atoms with van der Waals surface area (Å²) in [5.41, 5.74) is 0.764. The van der Waals surface area contributed by atoms with Crippen LogP contribution in [-0.2, 0) is 4.84 Å². The molecule has 1 aromatic rings. The minimum atomic E-state index is -0.680. The van der Waals surface area contributed by atoms with Gasteiger partial charge < -0.3 is 14.3 Å². The van der Waals surface area contributed by atoms with Gasteiger partial charge in [0.05, 0.1) is 10.7 Å². The van der Waals surface area contributed by atoms with E-state index in [0.29, 0.717) is 0 Å². The lowest BCUT2D eigenvalue weighted by Crippen LogP contribution is -2.06. The molecule has 1 aromatic carbocycles. The van der Waals surface area contributed by atoms with Crippen LogP contribution in [0.2, 0.25) is 5.02 Å². The van der Waals surface area contributed by atoms with Crippen LogP contribution in [0.1, 0.15) is 13.8 Å². The van der Waals surface area contributed by atoms with Crippen molar-refractivity contribution in [2.75, 3.05) is 19.8 Å². The predicted molar refractivity (Wildman–Crippen MR) is 85.3 cm³/mol. The van der Waals surface area contributed by atoms with Crippen molar-refractivity contribution in [1.82, 2.24) is 0 Å². The van der Waals surface area contributed by atoms with E-state index in [1.165, 1.54) is 6.07 Å². The van der Waals surface area contributed by atoms with Crippen molar-refractivity contribution >= 4 is 33.2 Å². The third-order valence-corrected chi connectivity index (χ3v) is 2.73. The van der Waals surface area contributed by atoms with Gasteiger partial charge in [-0.2, -0.15) is 4.39 Å². The smallest absolute Gasteiger partial charge is 0.173 e. The predicted octanol–water partition coefficient (Wildman–Crippen LogP) is 4.85. The molecule has 0 saturated heterocycles. The number of benzene rings is 1. The lowest BCUT2D eigenvalue weighted by atomic mass is 10.3. The minimum Gasteiger partial charge on any atom is -0.489 e. The van der Waals surface area contributed by atoms with Crippen LogP contribution in [0.25, 0.3) is 0 Å². The van der Waals surface area contributed by atoms with Crippen LogP contribution in [0.3, 0.4) is 0 Å². The van der Waals surface area contributed by atoms with Gasteiger partial charge in [-0.25, -0.2) is 4.39 Å². The summed E-state index contributed by atoms with van der Waals surface area (Å²) in [6.45, 7) is 3.76. The molecule has 0 amide bonds. The van der Waals surface area contributed by atoms with Crippen molar-refractivity contribution in [3.05, 3.63) is 33.8 Å². The zero-order valence-corrected chi connectivity index (χ0v) is 14.4. The molecule has 22 heavy (non-hydrogen) atoms. The van der Waals surface area contributed by atoms with Crippen molar-refractivity contribution < 1.29 is 23.1 Å². The molecule has 8 heteroatoms. The van der Waals surface area contributed by atoms with Gasteiger partial charge in [-0.3, -0.25) is 0 Å². The molecule has 0 fully saturated rings. The Balaban J connectivity index is 2.58. The first-order valence-electron chi connectivity index (χ1n) is 6.29. The van der Waals surface area contributed by atoms with E-state index in [4.69, 9.17) is 25.9 Å². The molecule has 0 atom stereocenters. The monoisotopic (exact) mass is 397 g/mol. The highest BCUT2D eigenvalue weighted by Crippen LogP contribution is 2.32. The summed E-state index contributed by atoms with van der Waals surface area (Å²) < 4.78 is 36.1. The van der Waals surface area contributed by atoms with Crippen molar-refractivity contribution in [1.29, 1.82) is 0 Å². The molecule has 122 valence electrons. The molecular formula is C14H15BrClF2NO3. The highest BCUT2D eigenvalue weighted by Gasteiger charge is 2.12. The zero-order valence-electron chi connectivity index (χ0n) is 12.0. The average molecular weight is 399 g/mol. The van der Waals surface area contributed by atoms with Gasteiger partial charge in [0.1, 0.15) is 19.0 Å². The van der Waals surface area contributed by atoms with Crippen LogP contribution in [0.5, 0.6) is 11.5 Å². The number of hydrogen-bond donors (Lipinski definition) is 0. The number of ether oxygens (including phenoxy) is 2. The third kappa shape index (κ3) is 7.09. The second-order valence-electron chi connectivity index (χ2n) is 4.24. The first-order chi connectivity index (χ1) is 10.4. The molecule has 0 saturated carbocycles. The topological polar surface area (TPSA) is 40.0 Å².